The van der Waals surface area contributed by atoms with Gasteiger partial charge in [-0.05, 0) is 72.1 Å². The standard InChI is InChI=1S/C28H32BrF2N3O4S/c1-3-38-28(36)26-24(16-39(37)15-17-4-7-21(30)22(31)12-17)34(18-5-6-18)23-13-20(29)27(35)19(25(23)26)14-33-10-8-32(2)9-11-33/h4,7,12-13,18,35H,3,5-6,8-11,14-16H2,1-2H3. The molecule has 1 aliphatic carbocycles. The average molecular weight is 625 g/mol. The van der Waals surface area contributed by atoms with E-state index in [-0.39, 0.29) is 29.9 Å². The van der Waals surface area contributed by atoms with Crippen molar-refractivity contribution in [1.82, 2.24) is 14.4 Å². The lowest BCUT2D eigenvalue weighted by atomic mass is 10.0. The minimum atomic E-state index is -1.53. The fraction of sp³-hybridized carbons (Fsp3) is 0.464. The predicted molar refractivity (Wildman–Crippen MR) is 150 cm³/mol. The predicted octanol–water partition coefficient (Wildman–Crippen LogP) is 5.10. The Balaban J connectivity index is 1.61. The van der Waals surface area contributed by atoms with Crippen LogP contribution in [0.5, 0.6) is 5.75 Å². The van der Waals surface area contributed by atoms with Gasteiger partial charge in [-0.3, -0.25) is 4.90 Å². The van der Waals surface area contributed by atoms with E-state index in [0.717, 1.165) is 56.7 Å². The topological polar surface area (TPSA) is 81.0 Å². The number of carbonyl (C=O) groups excluding carboxylic acids is 1. The summed E-state index contributed by atoms with van der Waals surface area (Å²) in [6, 6.07) is 5.46. The second-order valence-electron chi connectivity index (χ2n) is 10.3. The van der Waals surface area contributed by atoms with E-state index in [1.807, 2.05) is 6.07 Å². The summed E-state index contributed by atoms with van der Waals surface area (Å²) in [5.74, 6) is -2.35. The van der Waals surface area contributed by atoms with Crippen LogP contribution in [-0.2, 0) is 34.0 Å². The zero-order chi connectivity index (χ0) is 27.8. The van der Waals surface area contributed by atoms with Crippen LogP contribution >= 0.6 is 15.9 Å². The molecule has 0 radical (unpaired) electrons. The van der Waals surface area contributed by atoms with Gasteiger partial charge in [0.25, 0.3) is 0 Å². The van der Waals surface area contributed by atoms with Crippen LogP contribution < -0.4 is 0 Å². The molecule has 7 nitrogen and oxygen atoms in total. The lowest BCUT2D eigenvalue weighted by molar-refractivity contribution is 0.0527. The van der Waals surface area contributed by atoms with Gasteiger partial charge in [-0.2, -0.15) is 0 Å². The summed E-state index contributed by atoms with van der Waals surface area (Å²) in [5.41, 5.74) is 2.75. The molecule has 2 aliphatic rings. The number of nitrogens with zero attached hydrogens (tertiary/aromatic N) is 3. The first-order chi connectivity index (χ1) is 18.7. The van der Waals surface area contributed by atoms with E-state index in [9.17, 15) is 23.2 Å². The van der Waals surface area contributed by atoms with Crippen LogP contribution in [0.4, 0.5) is 8.78 Å². The number of likely N-dealkylation sites (N-methyl/N-ethyl adjacent to an activating group) is 1. The molecular weight excluding hydrogens is 592 g/mol. The van der Waals surface area contributed by atoms with Crippen molar-refractivity contribution < 1.29 is 28.0 Å². The fourth-order valence-electron chi connectivity index (χ4n) is 5.27. The summed E-state index contributed by atoms with van der Waals surface area (Å²) in [6.45, 7) is 5.81. The number of esters is 1. The lowest BCUT2D eigenvalue weighted by Crippen LogP contribution is -2.43. The second kappa shape index (κ2) is 11.7. The summed E-state index contributed by atoms with van der Waals surface area (Å²) in [6.07, 6.45) is 1.84. The summed E-state index contributed by atoms with van der Waals surface area (Å²) in [5, 5.41) is 11.8. The van der Waals surface area contributed by atoms with Gasteiger partial charge in [-0.15, -0.1) is 0 Å². The summed E-state index contributed by atoms with van der Waals surface area (Å²) >= 11 is 1.99. The number of carbonyl (C=O) groups is 1. The Morgan fingerprint density at radius 2 is 1.87 bits per heavy atom. The number of piperazine rings is 1. The van der Waals surface area contributed by atoms with Gasteiger partial charge in [0.2, 0.25) is 0 Å². The molecule has 1 aliphatic heterocycles. The first-order valence-corrected chi connectivity index (χ1v) is 15.4. The maximum absolute atomic E-state index is 13.8. The highest BCUT2D eigenvalue weighted by molar-refractivity contribution is 9.10. The van der Waals surface area contributed by atoms with Crippen LogP contribution in [-0.4, -0.2) is 69.8 Å². The lowest BCUT2D eigenvalue weighted by Gasteiger charge is -2.32. The number of aromatic hydroxyl groups is 1. The van der Waals surface area contributed by atoms with Crippen molar-refractivity contribution in [2.75, 3.05) is 39.8 Å². The smallest absolute Gasteiger partial charge is 0.340 e. The van der Waals surface area contributed by atoms with Crippen molar-refractivity contribution in [3.8, 4) is 5.75 Å². The molecule has 210 valence electrons. The molecule has 1 saturated carbocycles. The molecule has 0 bridgehead atoms. The SMILES string of the molecule is CCOC(=O)c1c(C[S+]([O-])Cc2ccc(F)c(F)c2)n(C2CC2)c2cc(Br)c(O)c(CN3CCN(C)CC3)c12. The Bertz CT molecular complexity index is 1390. The molecule has 1 unspecified atom stereocenters. The van der Waals surface area contributed by atoms with Crippen molar-refractivity contribution in [2.45, 2.75) is 43.9 Å². The van der Waals surface area contributed by atoms with Crippen molar-refractivity contribution >= 4 is 44.0 Å². The number of benzene rings is 2. The van der Waals surface area contributed by atoms with Gasteiger partial charge < -0.3 is 23.9 Å². The van der Waals surface area contributed by atoms with Gasteiger partial charge in [0.1, 0.15) is 17.3 Å². The molecule has 2 heterocycles. The van der Waals surface area contributed by atoms with Gasteiger partial charge in [0, 0.05) is 55.3 Å². The van der Waals surface area contributed by atoms with Crippen LogP contribution in [0.1, 0.15) is 53.0 Å². The van der Waals surface area contributed by atoms with Gasteiger partial charge in [-0.1, -0.05) is 6.07 Å². The zero-order valence-corrected chi connectivity index (χ0v) is 24.4. The number of ether oxygens (including phenoxy) is 1. The van der Waals surface area contributed by atoms with E-state index in [1.165, 1.54) is 6.07 Å². The number of phenols is 1. The van der Waals surface area contributed by atoms with Gasteiger partial charge in [0.05, 0.1) is 27.9 Å². The largest absolute Gasteiger partial charge is 0.616 e. The van der Waals surface area contributed by atoms with Gasteiger partial charge in [-0.25, -0.2) is 13.6 Å². The molecule has 1 aromatic heterocycles. The van der Waals surface area contributed by atoms with Crippen LogP contribution in [0.2, 0.25) is 0 Å². The van der Waals surface area contributed by atoms with Crippen LogP contribution in [0, 0.1) is 11.6 Å². The third-order valence-corrected chi connectivity index (χ3v) is 9.26. The summed E-state index contributed by atoms with van der Waals surface area (Å²) in [4.78, 5) is 18.0. The molecule has 1 saturated heterocycles. The number of hydrogen-bond acceptors (Lipinski definition) is 6. The molecule has 1 N–H and O–H groups in total. The molecule has 1 atom stereocenters. The highest BCUT2D eigenvalue weighted by Crippen LogP contribution is 2.46. The normalized spacial score (nSPS) is 17.6. The number of halogens is 3. The van der Waals surface area contributed by atoms with Gasteiger partial charge >= 0.3 is 5.97 Å². The number of phenolic OH excluding ortho intramolecular Hbond substituents is 1. The summed E-state index contributed by atoms with van der Waals surface area (Å²) < 4.78 is 48.7. The molecule has 5 rings (SSSR count). The van der Waals surface area contributed by atoms with Crippen LogP contribution in [0.3, 0.4) is 0 Å². The van der Waals surface area contributed by atoms with Crippen molar-refractivity contribution in [1.29, 1.82) is 0 Å². The third-order valence-electron chi connectivity index (χ3n) is 7.40. The third kappa shape index (κ3) is 5.97. The molecule has 3 aromatic rings. The Labute approximate surface area is 238 Å². The van der Waals surface area contributed by atoms with E-state index in [0.29, 0.717) is 38.8 Å². The van der Waals surface area contributed by atoms with E-state index in [2.05, 4.69) is 37.3 Å². The Hall–Kier alpha value is -2.18. The molecule has 2 fully saturated rings. The Morgan fingerprint density at radius 1 is 1.15 bits per heavy atom. The first-order valence-electron chi connectivity index (χ1n) is 13.1. The molecule has 2 aromatic carbocycles. The van der Waals surface area contributed by atoms with E-state index in [1.54, 1.807) is 6.92 Å². The maximum Gasteiger partial charge on any atom is 0.340 e. The number of hydrogen-bond donors (Lipinski definition) is 1. The minimum absolute atomic E-state index is 0.00868. The van der Waals surface area contributed by atoms with Crippen molar-refractivity contribution in [2.24, 2.45) is 0 Å². The van der Waals surface area contributed by atoms with Crippen LogP contribution in [0.25, 0.3) is 10.9 Å². The summed E-state index contributed by atoms with van der Waals surface area (Å²) in [7, 11) is 2.08. The number of fused-ring (bicyclic) bond motifs is 1. The average Bonchev–Trinajstić information content (AvgIpc) is 3.68. The van der Waals surface area contributed by atoms with E-state index in [4.69, 9.17) is 4.74 Å². The first kappa shape index (κ1) is 28.4. The van der Waals surface area contributed by atoms with Crippen molar-refractivity contribution in [3.63, 3.8) is 0 Å². The fourth-order valence-corrected chi connectivity index (χ4v) is 6.97. The molecule has 39 heavy (non-hydrogen) atoms. The van der Waals surface area contributed by atoms with Gasteiger partial charge in [0.15, 0.2) is 11.6 Å². The number of rotatable bonds is 9. The second-order valence-corrected chi connectivity index (χ2v) is 12.6. The maximum atomic E-state index is 13.8. The van der Waals surface area contributed by atoms with Crippen molar-refractivity contribution in [3.05, 3.63) is 62.8 Å². The Morgan fingerprint density at radius 3 is 2.51 bits per heavy atom. The molecule has 0 amide bonds. The Kier molecular flexibility index (Phi) is 8.54. The quantitative estimate of drug-likeness (QED) is 0.264. The van der Waals surface area contributed by atoms with E-state index < -0.39 is 28.8 Å². The zero-order valence-electron chi connectivity index (χ0n) is 22.0. The highest BCUT2D eigenvalue weighted by Gasteiger charge is 2.36. The minimum Gasteiger partial charge on any atom is -0.616 e. The molecule has 0 spiro atoms. The monoisotopic (exact) mass is 623 g/mol. The van der Waals surface area contributed by atoms with Crippen LogP contribution in [0.15, 0.2) is 28.7 Å². The molecular formula is C28H32BrF2N3O4S. The van der Waals surface area contributed by atoms with E-state index >= 15 is 0 Å². The molecule has 11 heteroatoms. The highest BCUT2D eigenvalue weighted by atomic mass is 79.9. The number of aromatic nitrogens is 1.